The maximum Gasteiger partial charge on any atom is 0.340 e. The van der Waals surface area contributed by atoms with Crippen molar-refractivity contribution in [3.8, 4) is 16.8 Å². The van der Waals surface area contributed by atoms with Gasteiger partial charge in [-0.15, -0.1) is 0 Å². The molecule has 1 aliphatic carbocycles. The molecule has 5 rings (SSSR count). The van der Waals surface area contributed by atoms with Crippen LogP contribution in [-0.4, -0.2) is 35.1 Å². The average molecular weight is 594 g/mol. The van der Waals surface area contributed by atoms with Gasteiger partial charge < -0.3 is 9.64 Å². The number of rotatable bonds is 8. The first-order valence-corrected chi connectivity index (χ1v) is 16.1. The Morgan fingerprint density at radius 1 is 1.02 bits per heavy atom. The first-order valence-electron chi connectivity index (χ1n) is 16.1. The summed E-state index contributed by atoms with van der Waals surface area (Å²) in [7, 11) is 1.43. The molecule has 0 spiro atoms. The second-order valence-electron chi connectivity index (χ2n) is 13.6. The van der Waals surface area contributed by atoms with Gasteiger partial charge in [-0.25, -0.2) is 9.78 Å². The van der Waals surface area contributed by atoms with Crippen LogP contribution in [0.4, 0.5) is 5.69 Å². The molecule has 1 aliphatic rings. The molecular weight excluding hydrogens is 546 g/mol. The summed E-state index contributed by atoms with van der Waals surface area (Å²) in [4.78, 5) is 33.4. The lowest BCUT2D eigenvalue weighted by molar-refractivity contribution is -0.116. The lowest BCUT2D eigenvalue weighted by Crippen LogP contribution is -2.35. The molecule has 44 heavy (non-hydrogen) atoms. The maximum absolute atomic E-state index is 13.6. The minimum Gasteiger partial charge on any atom is -0.465 e. The van der Waals surface area contributed by atoms with E-state index in [-0.39, 0.29) is 11.3 Å². The van der Waals surface area contributed by atoms with Crippen LogP contribution in [0.3, 0.4) is 0 Å². The fourth-order valence-corrected chi connectivity index (χ4v) is 6.90. The Hall–Kier alpha value is -3.93. The average Bonchev–Trinajstić information content (AvgIpc) is 3.45. The van der Waals surface area contributed by atoms with E-state index in [1.807, 2.05) is 58.0 Å². The second kappa shape index (κ2) is 13.0. The minimum absolute atomic E-state index is 0.0381. The number of fused-ring (bicyclic) bond motifs is 1. The minimum atomic E-state index is -0.402. The highest BCUT2D eigenvalue weighted by atomic mass is 16.5. The largest absolute Gasteiger partial charge is 0.465 e. The van der Waals surface area contributed by atoms with Gasteiger partial charge in [0.15, 0.2) is 0 Å². The number of methoxy groups -OCH3 is 1. The molecule has 0 bridgehead atoms. The van der Waals surface area contributed by atoms with E-state index in [0.717, 1.165) is 63.8 Å². The normalized spacial score (nSPS) is 17.8. The predicted molar refractivity (Wildman–Crippen MR) is 179 cm³/mol. The summed E-state index contributed by atoms with van der Waals surface area (Å²) >= 11 is 0. The van der Waals surface area contributed by atoms with E-state index in [1.165, 1.54) is 26.4 Å². The van der Waals surface area contributed by atoms with E-state index in [4.69, 9.17) is 9.72 Å². The van der Waals surface area contributed by atoms with E-state index in [9.17, 15) is 9.59 Å². The van der Waals surface area contributed by atoms with Crippen molar-refractivity contribution in [2.45, 2.75) is 79.1 Å². The lowest BCUT2D eigenvalue weighted by Gasteiger charge is -2.34. The molecule has 1 amide bonds. The van der Waals surface area contributed by atoms with E-state index < -0.39 is 5.97 Å². The number of carbonyl (C=O) groups excluding carboxylic acids is 2. The third kappa shape index (κ3) is 6.31. The Balaban J connectivity index is 1.62. The Morgan fingerprint density at radius 2 is 1.73 bits per heavy atom. The zero-order valence-corrected chi connectivity index (χ0v) is 27.4. The summed E-state index contributed by atoms with van der Waals surface area (Å²) in [6.07, 6.45) is 7.80. The lowest BCUT2D eigenvalue weighted by atomic mass is 9.75. The number of anilines is 1. The molecule has 1 saturated carbocycles. The van der Waals surface area contributed by atoms with Crippen LogP contribution in [0.2, 0.25) is 0 Å². The SMILES string of the molecule is CCC(C)C1CCC(CN(C(C)=O)c2ccc3ncn(-c4c(C(C)(C)C)ccc(-c5ccccc5)c4C(=O)OC)c3c2)CC1. The molecule has 0 saturated heterocycles. The number of aromatic nitrogens is 2. The monoisotopic (exact) mass is 593 g/mol. The maximum atomic E-state index is 13.6. The predicted octanol–water partition coefficient (Wildman–Crippen LogP) is 8.98. The van der Waals surface area contributed by atoms with Gasteiger partial charge in [0, 0.05) is 19.2 Å². The molecule has 0 aliphatic heterocycles. The molecule has 0 N–H and O–H groups in total. The second-order valence-corrected chi connectivity index (χ2v) is 13.6. The highest BCUT2D eigenvalue weighted by molar-refractivity contribution is 6.03. The van der Waals surface area contributed by atoms with Gasteiger partial charge in [-0.2, -0.15) is 0 Å². The molecule has 1 aromatic heterocycles. The number of benzene rings is 3. The highest BCUT2D eigenvalue weighted by Gasteiger charge is 2.30. The quantitative estimate of drug-likeness (QED) is 0.191. The summed E-state index contributed by atoms with van der Waals surface area (Å²) in [5.41, 5.74) is 6.21. The first-order chi connectivity index (χ1) is 21.0. The van der Waals surface area contributed by atoms with E-state index in [0.29, 0.717) is 18.0 Å². The Kier molecular flexibility index (Phi) is 9.28. The summed E-state index contributed by atoms with van der Waals surface area (Å²) in [5, 5.41) is 0. The number of hydrogen-bond acceptors (Lipinski definition) is 4. The molecule has 1 heterocycles. The number of carbonyl (C=O) groups is 2. The van der Waals surface area contributed by atoms with Crippen molar-refractivity contribution in [2.24, 2.45) is 17.8 Å². The van der Waals surface area contributed by atoms with Gasteiger partial charge in [0.1, 0.15) is 6.33 Å². The van der Waals surface area contributed by atoms with Gasteiger partial charge in [0.05, 0.1) is 29.4 Å². The summed E-state index contributed by atoms with van der Waals surface area (Å²) in [6, 6.07) is 20.1. The number of esters is 1. The molecule has 1 unspecified atom stereocenters. The molecule has 3 aromatic carbocycles. The van der Waals surface area contributed by atoms with Crippen LogP contribution >= 0.6 is 0 Å². The van der Waals surface area contributed by atoms with Crippen LogP contribution in [0.25, 0.3) is 27.8 Å². The number of hydrogen-bond donors (Lipinski definition) is 0. The van der Waals surface area contributed by atoms with E-state index in [1.54, 1.807) is 13.3 Å². The molecule has 4 aromatic rings. The standard InChI is InChI=1S/C38H47N3O3/c1-8-25(2)28-16-14-27(15-17-28)23-40(26(3)42)30-18-21-33-34(22-30)41(24-39-33)36-32(38(4,5)6)20-19-31(35(36)37(43)44-7)29-12-10-9-11-13-29/h9-13,18-22,24-25,27-28H,8,14-17,23H2,1-7H3. The van der Waals surface area contributed by atoms with Crippen molar-refractivity contribution >= 4 is 28.6 Å². The molecule has 1 fully saturated rings. The van der Waals surface area contributed by atoms with Gasteiger partial charge in [-0.3, -0.25) is 9.36 Å². The summed E-state index contributed by atoms with van der Waals surface area (Å²) < 4.78 is 7.41. The molecular formula is C38H47N3O3. The van der Waals surface area contributed by atoms with Gasteiger partial charge >= 0.3 is 5.97 Å². The molecule has 6 nitrogen and oxygen atoms in total. The van der Waals surface area contributed by atoms with Gasteiger partial charge in [-0.1, -0.05) is 83.5 Å². The number of imidazole rings is 1. The number of ether oxygens (including phenoxy) is 1. The fourth-order valence-electron chi connectivity index (χ4n) is 6.90. The van der Waals surface area contributed by atoms with Gasteiger partial charge in [0.25, 0.3) is 0 Å². The smallest absolute Gasteiger partial charge is 0.340 e. The van der Waals surface area contributed by atoms with Gasteiger partial charge in [-0.05, 0) is 83.7 Å². The zero-order chi connectivity index (χ0) is 31.6. The molecule has 6 heteroatoms. The van der Waals surface area contributed by atoms with Crippen LogP contribution in [0, 0.1) is 17.8 Å². The molecule has 232 valence electrons. The van der Waals surface area contributed by atoms with Crippen molar-refractivity contribution in [2.75, 3.05) is 18.6 Å². The fraction of sp³-hybridized carbons (Fsp3) is 0.447. The van der Waals surface area contributed by atoms with Crippen molar-refractivity contribution in [3.63, 3.8) is 0 Å². The van der Waals surface area contributed by atoms with Crippen molar-refractivity contribution in [3.05, 3.63) is 78.1 Å². The number of nitrogens with zero attached hydrogens (tertiary/aromatic N) is 3. The van der Waals surface area contributed by atoms with Crippen LogP contribution in [0.1, 0.15) is 89.6 Å². The van der Waals surface area contributed by atoms with E-state index >= 15 is 0 Å². The third-order valence-electron chi connectivity index (χ3n) is 9.70. The first kappa shape index (κ1) is 31.5. The van der Waals surface area contributed by atoms with Crippen molar-refractivity contribution in [1.29, 1.82) is 0 Å². The summed E-state index contributed by atoms with van der Waals surface area (Å²) in [5.74, 6) is 1.68. The van der Waals surface area contributed by atoms with E-state index in [2.05, 4.69) is 46.8 Å². The Labute approximate surface area is 262 Å². The third-order valence-corrected chi connectivity index (χ3v) is 9.70. The Morgan fingerprint density at radius 3 is 2.34 bits per heavy atom. The summed E-state index contributed by atoms with van der Waals surface area (Å²) in [6.45, 7) is 13.5. The highest BCUT2D eigenvalue weighted by Crippen LogP contribution is 2.40. The van der Waals surface area contributed by atoms with Crippen LogP contribution in [0.15, 0.2) is 67.0 Å². The van der Waals surface area contributed by atoms with Gasteiger partial charge in [0.2, 0.25) is 5.91 Å². The van der Waals surface area contributed by atoms with Crippen LogP contribution < -0.4 is 4.90 Å². The van der Waals surface area contributed by atoms with Crippen molar-refractivity contribution in [1.82, 2.24) is 9.55 Å². The topological polar surface area (TPSA) is 64.4 Å². The van der Waals surface area contributed by atoms with Crippen LogP contribution in [-0.2, 0) is 14.9 Å². The Bertz CT molecular complexity index is 1620. The molecule has 1 atom stereocenters. The van der Waals surface area contributed by atoms with Crippen LogP contribution in [0.5, 0.6) is 0 Å². The van der Waals surface area contributed by atoms with Crippen molar-refractivity contribution < 1.29 is 14.3 Å². The molecule has 0 radical (unpaired) electrons. The zero-order valence-electron chi connectivity index (χ0n) is 27.4. The number of amides is 1.